The molecule has 1 rings (SSSR count). The van der Waals surface area contributed by atoms with Gasteiger partial charge in [0.15, 0.2) is 0 Å². The smallest absolute Gasteiger partial charge is 0.387 e. The molecule has 0 saturated carbocycles. The summed E-state index contributed by atoms with van der Waals surface area (Å²) in [6, 6.07) is 8.41. The Morgan fingerprint density at radius 1 is 1.41 bits per heavy atom. The first-order valence-corrected chi connectivity index (χ1v) is 5.33. The highest BCUT2D eigenvalue weighted by atomic mass is 19.3. The number of para-hydroxylation sites is 1. The quantitative estimate of drug-likeness (QED) is 0.777. The van der Waals surface area contributed by atoms with Crippen LogP contribution in [-0.4, -0.2) is 13.2 Å². The third kappa shape index (κ3) is 4.00. The third-order valence-electron chi connectivity index (χ3n) is 2.35. The predicted molar refractivity (Wildman–Crippen MR) is 59.7 cm³/mol. The highest BCUT2D eigenvalue weighted by molar-refractivity contribution is 5.36. The summed E-state index contributed by atoms with van der Waals surface area (Å²) < 4.78 is 28.9. The van der Waals surface area contributed by atoms with E-state index in [-0.39, 0.29) is 18.3 Å². The molecule has 1 aromatic carbocycles. The first-order chi connectivity index (χ1) is 8.19. The monoisotopic (exact) mass is 240 g/mol. The van der Waals surface area contributed by atoms with E-state index in [9.17, 15) is 8.78 Å². The van der Waals surface area contributed by atoms with Crippen LogP contribution < -0.4 is 10.1 Å². The van der Waals surface area contributed by atoms with Gasteiger partial charge in [-0.1, -0.05) is 25.1 Å². The van der Waals surface area contributed by atoms with Crippen LogP contribution in [0, 0.1) is 11.3 Å². The fraction of sp³-hybridized carbons (Fsp3) is 0.417. The van der Waals surface area contributed by atoms with Crippen LogP contribution in [0.2, 0.25) is 0 Å². The molecule has 0 bridgehead atoms. The van der Waals surface area contributed by atoms with Gasteiger partial charge in [-0.15, -0.1) is 0 Å². The summed E-state index contributed by atoms with van der Waals surface area (Å²) in [7, 11) is 0. The van der Waals surface area contributed by atoms with Gasteiger partial charge in [0.1, 0.15) is 5.75 Å². The van der Waals surface area contributed by atoms with Gasteiger partial charge in [0, 0.05) is 11.6 Å². The molecule has 0 fully saturated rings. The van der Waals surface area contributed by atoms with Crippen molar-refractivity contribution < 1.29 is 13.5 Å². The topological polar surface area (TPSA) is 45.0 Å². The minimum Gasteiger partial charge on any atom is -0.434 e. The lowest BCUT2D eigenvalue weighted by Crippen LogP contribution is -2.22. The molecule has 0 saturated heterocycles. The molecule has 0 radical (unpaired) electrons. The standard InChI is InChI=1S/C12H14F2N2O/c1-2-10(16-8-7-15)9-5-3-4-6-11(9)17-12(13)14/h3-6,10,12,16H,2,8H2,1H3. The summed E-state index contributed by atoms with van der Waals surface area (Å²) in [5.74, 6) is 0.153. The Morgan fingerprint density at radius 3 is 2.71 bits per heavy atom. The highest BCUT2D eigenvalue weighted by Gasteiger charge is 2.15. The van der Waals surface area contributed by atoms with Gasteiger partial charge in [0.05, 0.1) is 12.6 Å². The number of alkyl halides is 2. The van der Waals surface area contributed by atoms with Gasteiger partial charge >= 0.3 is 6.61 Å². The molecule has 5 heteroatoms. The van der Waals surface area contributed by atoms with Gasteiger partial charge in [-0.3, -0.25) is 5.32 Å². The van der Waals surface area contributed by atoms with E-state index in [1.807, 2.05) is 13.0 Å². The van der Waals surface area contributed by atoms with Crippen LogP contribution in [0.25, 0.3) is 0 Å². The summed E-state index contributed by atoms with van der Waals surface area (Å²) in [6.45, 7) is -0.764. The van der Waals surface area contributed by atoms with Gasteiger partial charge < -0.3 is 4.74 Å². The van der Waals surface area contributed by atoms with Crippen LogP contribution >= 0.6 is 0 Å². The van der Waals surface area contributed by atoms with Crippen LogP contribution in [0.5, 0.6) is 5.75 Å². The van der Waals surface area contributed by atoms with Crippen molar-refractivity contribution in [3.05, 3.63) is 29.8 Å². The second-order valence-electron chi connectivity index (χ2n) is 3.42. The predicted octanol–water partition coefficient (Wildman–Crippen LogP) is 2.85. The number of nitrogens with one attached hydrogen (secondary N) is 1. The van der Waals surface area contributed by atoms with Crippen molar-refractivity contribution in [1.82, 2.24) is 5.32 Å². The minimum absolute atomic E-state index is 0.153. The Labute approximate surface area is 99.0 Å². The minimum atomic E-state index is -2.84. The van der Waals surface area contributed by atoms with Gasteiger partial charge in [-0.2, -0.15) is 14.0 Å². The molecular weight excluding hydrogens is 226 g/mol. The molecule has 1 aromatic rings. The number of ether oxygens (including phenoxy) is 1. The van der Waals surface area contributed by atoms with Gasteiger partial charge in [-0.05, 0) is 12.5 Å². The molecule has 1 N–H and O–H groups in total. The average molecular weight is 240 g/mol. The molecular formula is C12H14F2N2O. The molecule has 0 heterocycles. The van der Waals surface area contributed by atoms with Crippen LogP contribution in [0.1, 0.15) is 24.9 Å². The molecule has 1 atom stereocenters. The lowest BCUT2D eigenvalue weighted by atomic mass is 10.0. The van der Waals surface area contributed by atoms with Crippen molar-refractivity contribution in [1.29, 1.82) is 5.26 Å². The normalized spacial score (nSPS) is 12.2. The maximum Gasteiger partial charge on any atom is 0.387 e. The lowest BCUT2D eigenvalue weighted by Gasteiger charge is -2.19. The maximum atomic E-state index is 12.2. The first-order valence-electron chi connectivity index (χ1n) is 5.33. The van der Waals surface area contributed by atoms with E-state index >= 15 is 0 Å². The van der Waals surface area contributed by atoms with Gasteiger partial charge in [0.2, 0.25) is 0 Å². The van der Waals surface area contributed by atoms with E-state index in [0.29, 0.717) is 12.0 Å². The number of rotatable bonds is 6. The molecule has 0 aliphatic rings. The van der Waals surface area contributed by atoms with Crippen LogP contribution in [0.3, 0.4) is 0 Å². The molecule has 0 spiro atoms. The number of benzene rings is 1. The van der Waals surface area contributed by atoms with Crippen molar-refractivity contribution in [3.8, 4) is 11.8 Å². The zero-order chi connectivity index (χ0) is 12.7. The van der Waals surface area contributed by atoms with Crippen molar-refractivity contribution >= 4 is 0 Å². The summed E-state index contributed by atoms with van der Waals surface area (Å²) in [5, 5.41) is 11.5. The lowest BCUT2D eigenvalue weighted by molar-refractivity contribution is -0.0507. The van der Waals surface area contributed by atoms with E-state index in [0.717, 1.165) is 0 Å². The SMILES string of the molecule is CCC(NCC#N)c1ccccc1OC(F)F. The highest BCUT2D eigenvalue weighted by Crippen LogP contribution is 2.28. The molecule has 0 aliphatic heterocycles. The zero-order valence-electron chi connectivity index (χ0n) is 9.49. The molecule has 3 nitrogen and oxygen atoms in total. The number of hydrogen-bond acceptors (Lipinski definition) is 3. The van der Waals surface area contributed by atoms with Crippen molar-refractivity contribution in [3.63, 3.8) is 0 Å². The molecule has 1 unspecified atom stereocenters. The Morgan fingerprint density at radius 2 is 2.12 bits per heavy atom. The van der Waals surface area contributed by atoms with E-state index < -0.39 is 6.61 Å². The summed E-state index contributed by atoms with van der Waals surface area (Å²) >= 11 is 0. The number of nitrogens with zero attached hydrogens (tertiary/aromatic N) is 1. The zero-order valence-corrected chi connectivity index (χ0v) is 9.49. The molecule has 17 heavy (non-hydrogen) atoms. The molecule has 92 valence electrons. The second kappa shape index (κ2) is 6.81. The fourth-order valence-corrected chi connectivity index (χ4v) is 1.61. The van der Waals surface area contributed by atoms with Crippen LogP contribution in [0.15, 0.2) is 24.3 Å². The Hall–Kier alpha value is -1.67. The fourth-order valence-electron chi connectivity index (χ4n) is 1.61. The maximum absolute atomic E-state index is 12.2. The van der Waals surface area contributed by atoms with E-state index in [1.165, 1.54) is 6.07 Å². The summed E-state index contributed by atoms with van der Waals surface area (Å²) in [4.78, 5) is 0. The van der Waals surface area contributed by atoms with Crippen LogP contribution in [0.4, 0.5) is 8.78 Å². The average Bonchev–Trinajstić information content (AvgIpc) is 2.31. The Bertz CT molecular complexity index is 390. The van der Waals surface area contributed by atoms with Crippen LogP contribution in [-0.2, 0) is 0 Å². The van der Waals surface area contributed by atoms with E-state index in [1.54, 1.807) is 18.2 Å². The number of halogens is 2. The van der Waals surface area contributed by atoms with E-state index in [2.05, 4.69) is 10.1 Å². The van der Waals surface area contributed by atoms with Gasteiger partial charge in [0.25, 0.3) is 0 Å². The van der Waals surface area contributed by atoms with Crippen molar-refractivity contribution in [2.45, 2.75) is 26.0 Å². The molecule has 0 aliphatic carbocycles. The summed E-state index contributed by atoms with van der Waals surface area (Å²) in [6.07, 6.45) is 0.686. The largest absolute Gasteiger partial charge is 0.434 e. The van der Waals surface area contributed by atoms with Gasteiger partial charge in [-0.25, -0.2) is 0 Å². The number of nitriles is 1. The van der Waals surface area contributed by atoms with Crippen molar-refractivity contribution in [2.75, 3.05) is 6.54 Å². The molecule has 0 aromatic heterocycles. The molecule has 0 amide bonds. The first kappa shape index (κ1) is 13.4. The van der Waals surface area contributed by atoms with Crippen molar-refractivity contribution in [2.24, 2.45) is 0 Å². The number of hydrogen-bond donors (Lipinski definition) is 1. The van der Waals surface area contributed by atoms with E-state index in [4.69, 9.17) is 5.26 Å². The second-order valence-corrected chi connectivity index (χ2v) is 3.42. The Kier molecular flexibility index (Phi) is 5.37. The third-order valence-corrected chi connectivity index (χ3v) is 2.35. The summed E-state index contributed by atoms with van der Waals surface area (Å²) in [5.41, 5.74) is 0.644. The Balaban J connectivity index is 2.89.